The highest BCUT2D eigenvalue weighted by Gasteiger charge is 2.54. The van der Waals surface area contributed by atoms with Crippen LogP contribution in [-0.2, 0) is 4.79 Å². The molecule has 0 spiro atoms. The topological polar surface area (TPSA) is 49.3 Å². The number of aliphatic hydroxyl groups is 1. The fourth-order valence-corrected chi connectivity index (χ4v) is 5.51. The zero-order chi connectivity index (χ0) is 14.3. The van der Waals surface area contributed by atoms with Gasteiger partial charge in [-0.15, -0.1) is 0 Å². The summed E-state index contributed by atoms with van der Waals surface area (Å²) in [4.78, 5) is 12.7. The summed E-state index contributed by atoms with van der Waals surface area (Å²) < 4.78 is 0. The number of nitrogens with one attached hydrogen (secondary N) is 1. The van der Waals surface area contributed by atoms with Crippen molar-refractivity contribution < 1.29 is 9.90 Å². The molecule has 0 aromatic rings. The van der Waals surface area contributed by atoms with Crippen LogP contribution in [-0.4, -0.2) is 23.7 Å². The van der Waals surface area contributed by atoms with Crippen LogP contribution in [0.4, 0.5) is 0 Å². The van der Waals surface area contributed by atoms with Crippen molar-refractivity contribution in [3.63, 3.8) is 0 Å². The van der Waals surface area contributed by atoms with Gasteiger partial charge in [0.25, 0.3) is 0 Å². The Bertz CT molecular complexity index is 342. The first-order valence-electron chi connectivity index (χ1n) is 8.43. The van der Waals surface area contributed by atoms with E-state index in [1.807, 2.05) is 6.92 Å². The van der Waals surface area contributed by atoms with Crippen molar-refractivity contribution in [2.45, 2.75) is 64.9 Å². The molecule has 114 valence electrons. The molecule has 4 bridgehead atoms. The predicted octanol–water partition coefficient (Wildman–Crippen LogP) is 2.73. The van der Waals surface area contributed by atoms with Gasteiger partial charge in [0.15, 0.2) is 0 Å². The second-order valence-corrected chi connectivity index (χ2v) is 8.10. The molecule has 4 aliphatic carbocycles. The molecule has 0 unspecified atom stereocenters. The predicted molar refractivity (Wildman–Crippen MR) is 79.1 cm³/mol. The minimum absolute atomic E-state index is 0.0285. The van der Waals surface area contributed by atoms with E-state index in [4.69, 9.17) is 0 Å². The third-order valence-electron chi connectivity index (χ3n) is 5.87. The highest BCUT2D eigenvalue weighted by Crippen LogP contribution is 2.60. The lowest BCUT2D eigenvalue weighted by atomic mass is 9.49. The van der Waals surface area contributed by atoms with Crippen molar-refractivity contribution in [3.8, 4) is 0 Å². The Labute approximate surface area is 122 Å². The van der Waals surface area contributed by atoms with Crippen LogP contribution in [0.15, 0.2) is 0 Å². The smallest absolute Gasteiger partial charge is 0.226 e. The molecule has 3 heteroatoms. The third kappa shape index (κ3) is 2.74. The molecule has 20 heavy (non-hydrogen) atoms. The zero-order valence-corrected chi connectivity index (χ0v) is 12.9. The van der Waals surface area contributed by atoms with Crippen molar-refractivity contribution in [2.75, 3.05) is 6.54 Å². The second-order valence-electron chi connectivity index (χ2n) is 8.10. The van der Waals surface area contributed by atoms with E-state index in [1.165, 1.54) is 19.3 Å². The lowest BCUT2D eigenvalue weighted by Crippen LogP contribution is -2.54. The number of amides is 1. The summed E-state index contributed by atoms with van der Waals surface area (Å²) in [6, 6.07) is 0. The summed E-state index contributed by atoms with van der Waals surface area (Å²) in [5.41, 5.74) is -0.0285. The quantitative estimate of drug-likeness (QED) is 0.813. The molecule has 3 nitrogen and oxygen atoms in total. The summed E-state index contributed by atoms with van der Waals surface area (Å²) in [5, 5.41) is 12.6. The molecule has 0 heterocycles. The van der Waals surface area contributed by atoms with Crippen molar-refractivity contribution in [1.29, 1.82) is 0 Å². The lowest BCUT2D eigenvalue weighted by Gasteiger charge is -2.55. The van der Waals surface area contributed by atoms with Crippen LogP contribution in [0.1, 0.15) is 58.8 Å². The van der Waals surface area contributed by atoms with Crippen LogP contribution >= 0.6 is 0 Å². The maximum atomic E-state index is 12.7. The first-order valence-corrected chi connectivity index (χ1v) is 8.43. The maximum absolute atomic E-state index is 12.7. The summed E-state index contributed by atoms with van der Waals surface area (Å²) in [7, 11) is 0. The van der Waals surface area contributed by atoms with Crippen LogP contribution in [0.3, 0.4) is 0 Å². The van der Waals surface area contributed by atoms with E-state index in [9.17, 15) is 9.90 Å². The average molecular weight is 279 g/mol. The number of rotatable bonds is 5. The number of hydrogen-bond donors (Lipinski definition) is 2. The van der Waals surface area contributed by atoms with Crippen molar-refractivity contribution >= 4 is 5.91 Å². The Morgan fingerprint density at radius 3 is 2.10 bits per heavy atom. The van der Waals surface area contributed by atoms with Gasteiger partial charge in [-0.1, -0.05) is 6.92 Å². The highest BCUT2D eigenvalue weighted by molar-refractivity contribution is 5.83. The van der Waals surface area contributed by atoms with Crippen LogP contribution in [0.5, 0.6) is 0 Å². The summed E-state index contributed by atoms with van der Waals surface area (Å²) in [6.07, 6.45) is 8.03. The van der Waals surface area contributed by atoms with E-state index in [0.717, 1.165) is 43.4 Å². The standard InChI is InChI=1S/C17H29NO2/c1-11(3-12(2)19)10-18-16(20)17-7-13-4-14(8-17)6-15(5-13)9-17/h11-15,19H,3-10H2,1-2H3,(H,18,20)/t11-,12-,13?,14?,15?,17?/m1/s1. The molecule has 4 saturated carbocycles. The monoisotopic (exact) mass is 279 g/mol. The van der Waals surface area contributed by atoms with Crippen molar-refractivity contribution in [2.24, 2.45) is 29.1 Å². The Kier molecular flexibility index (Phi) is 3.83. The van der Waals surface area contributed by atoms with Gasteiger partial charge >= 0.3 is 0 Å². The molecule has 1 amide bonds. The van der Waals surface area contributed by atoms with Crippen molar-refractivity contribution in [1.82, 2.24) is 5.32 Å². The fourth-order valence-electron chi connectivity index (χ4n) is 5.51. The van der Waals surface area contributed by atoms with Gasteiger partial charge in [0, 0.05) is 12.0 Å². The minimum atomic E-state index is -0.276. The average Bonchev–Trinajstić information content (AvgIpc) is 2.33. The van der Waals surface area contributed by atoms with Gasteiger partial charge in [-0.05, 0) is 75.5 Å². The number of carbonyl (C=O) groups is 1. The summed E-state index contributed by atoms with van der Waals surface area (Å²) >= 11 is 0. The van der Waals surface area contributed by atoms with E-state index < -0.39 is 0 Å². The van der Waals surface area contributed by atoms with Crippen LogP contribution < -0.4 is 5.32 Å². The number of hydrogen-bond acceptors (Lipinski definition) is 2. The van der Waals surface area contributed by atoms with Crippen LogP contribution in [0.2, 0.25) is 0 Å². The summed E-state index contributed by atoms with van der Waals surface area (Å²) in [6.45, 7) is 4.63. The van der Waals surface area contributed by atoms with Crippen molar-refractivity contribution in [3.05, 3.63) is 0 Å². The van der Waals surface area contributed by atoms with Gasteiger partial charge < -0.3 is 10.4 Å². The molecule has 0 radical (unpaired) electrons. The number of aliphatic hydroxyl groups excluding tert-OH is 1. The minimum Gasteiger partial charge on any atom is -0.393 e. The molecule has 4 rings (SSSR count). The Morgan fingerprint density at radius 1 is 1.15 bits per heavy atom. The molecular formula is C17H29NO2. The Morgan fingerprint density at radius 2 is 1.65 bits per heavy atom. The van der Waals surface area contributed by atoms with Gasteiger partial charge in [-0.2, -0.15) is 0 Å². The molecule has 0 aromatic heterocycles. The third-order valence-corrected chi connectivity index (χ3v) is 5.87. The number of carbonyl (C=O) groups excluding carboxylic acids is 1. The lowest BCUT2D eigenvalue weighted by molar-refractivity contribution is -0.146. The van der Waals surface area contributed by atoms with Gasteiger partial charge in [0.2, 0.25) is 5.91 Å². The van der Waals surface area contributed by atoms with Gasteiger partial charge in [0.1, 0.15) is 0 Å². The molecule has 2 N–H and O–H groups in total. The molecule has 0 aliphatic heterocycles. The van der Waals surface area contributed by atoms with Crippen LogP contribution in [0, 0.1) is 29.1 Å². The molecule has 4 aliphatic rings. The van der Waals surface area contributed by atoms with E-state index in [-0.39, 0.29) is 11.5 Å². The molecular weight excluding hydrogens is 250 g/mol. The largest absolute Gasteiger partial charge is 0.393 e. The van der Waals surface area contributed by atoms with Gasteiger partial charge in [-0.3, -0.25) is 4.79 Å². The van der Waals surface area contributed by atoms with Gasteiger partial charge in [-0.25, -0.2) is 0 Å². The Balaban J connectivity index is 1.57. The SMILES string of the molecule is C[C@@H](CNC(=O)C12CC3CC(CC(C3)C1)C2)C[C@@H](C)O. The fraction of sp³-hybridized carbons (Fsp3) is 0.941. The highest BCUT2D eigenvalue weighted by atomic mass is 16.3. The molecule has 0 saturated heterocycles. The van der Waals surface area contributed by atoms with E-state index in [1.54, 1.807) is 0 Å². The normalized spacial score (nSPS) is 41.5. The summed E-state index contributed by atoms with van der Waals surface area (Å²) in [5.74, 6) is 3.13. The zero-order valence-electron chi connectivity index (χ0n) is 12.9. The molecule has 4 fully saturated rings. The maximum Gasteiger partial charge on any atom is 0.226 e. The van der Waals surface area contributed by atoms with Gasteiger partial charge in [0.05, 0.1) is 6.10 Å². The molecule has 0 aromatic carbocycles. The van der Waals surface area contributed by atoms with Crippen LogP contribution in [0.25, 0.3) is 0 Å². The Hall–Kier alpha value is -0.570. The molecule has 2 atom stereocenters. The van der Waals surface area contributed by atoms with E-state index in [2.05, 4.69) is 12.2 Å². The first kappa shape index (κ1) is 14.4. The second kappa shape index (κ2) is 5.32. The van der Waals surface area contributed by atoms with E-state index >= 15 is 0 Å². The van der Waals surface area contributed by atoms with E-state index in [0.29, 0.717) is 18.4 Å². The first-order chi connectivity index (χ1) is 9.47.